The Morgan fingerprint density at radius 1 is 1.10 bits per heavy atom. The van der Waals surface area contributed by atoms with Crippen molar-refractivity contribution in [2.45, 2.75) is 32.0 Å². The molecule has 1 saturated heterocycles. The van der Waals surface area contributed by atoms with Crippen molar-refractivity contribution in [3.8, 4) is 11.5 Å². The Bertz CT molecular complexity index is 1290. The number of hydrogen-bond donors (Lipinski definition) is 2. The van der Waals surface area contributed by atoms with E-state index in [1.165, 1.54) is 10.9 Å². The molecule has 0 unspecified atom stereocenters. The first-order chi connectivity index (χ1) is 15.0. The van der Waals surface area contributed by atoms with Crippen LogP contribution in [0.2, 0.25) is 0 Å². The molecule has 31 heavy (non-hydrogen) atoms. The van der Waals surface area contributed by atoms with Crippen LogP contribution in [0.1, 0.15) is 23.7 Å². The molecular formula is C24H28N6O. The average Bonchev–Trinajstić information content (AvgIpc) is 3.32. The lowest BCUT2D eigenvalue weighted by Crippen LogP contribution is -2.56. The molecule has 3 heterocycles. The van der Waals surface area contributed by atoms with Crippen molar-refractivity contribution in [2.24, 2.45) is 18.5 Å². The van der Waals surface area contributed by atoms with Crippen molar-refractivity contribution >= 4 is 27.8 Å². The van der Waals surface area contributed by atoms with Gasteiger partial charge >= 0.3 is 0 Å². The molecule has 2 atom stereocenters. The second-order valence-electron chi connectivity index (χ2n) is 8.40. The second kappa shape index (κ2) is 7.51. The number of aryl methyl sites for hydroxylation is 2. The molecule has 2 aromatic carbocycles. The van der Waals surface area contributed by atoms with Gasteiger partial charge < -0.3 is 25.5 Å². The Labute approximate surface area is 181 Å². The smallest absolute Gasteiger partial charge is 0.253 e. The molecule has 5 rings (SSSR count). The summed E-state index contributed by atoms with van der Waals surface area (Å²) in [6, 6.07) is 16.1. The number of para-hydroxylation sites is 1. The SMILES string of the molecule is CCn1c(-c2nc3cc(C(=O)N4CC[C@@H](N)[C@@H](N)C4)ccc3n2C)cc2ccccc21. The van der Waals surface area contributed by atoms with Crippen LogP contribution in [-0.2, 0) is 13.6 Å². The van der Waals surface area contributed by atoms with Crippen molar-refractivity contribution in [2.75, 3.05) is 13.1 Å². The molecule has 7 nitrogen and oxygen atoms in total. The summed E-state index contributed by atoms with van der Waals surface area (Å²) in [6.45, 7) is 4.12. The van der Waals surface area contributed by atoms with Gasteiger partial charge in [-0.3, -0.25) is 4.79 Å². The highest BCUT2D eigenvalue weighted by Gasteiger charge is 2.27. The average molecular weight is 417 g/mol. The van der Waals surface area contributed by atoms with Crippen LogP contribution in [0.15, 0.2) is 48.5 Å². The van der Waals surface area contributed by atoms with E-state index >= 15 is 0 Å². The van der Waals surface area contributed by atoms with Gasteiger partial charge in [-0.1, -0.05) is 18.2 Å². The van der Waals surface area contributed by atoms with Gasteiger partial charge in [-0.25, -0.2) is 4.98 Å². The van der Waals surface area contributed by atoms with Gasteiger partial charge in [0.15, 0.2) is 5.82 Å². The minimum atomic E-state index is -0.182. The highest BCUT2D eigenvalue weighted by atomic mass is 16.2. The minimum Gasteiger partial charge on any atom is -0.338 e. The molecule has 160 valence electrons. The Kier molecular flexibility index (Phi) is 4.79. The number of nitrogens with zero attached hydrogens (tertiary/aromatic N) is 4. The lowest BCUT2D eigenvalue weighted by molar-refractivity contribution is 0.0696. The number of aromatic nitrogens is 3. The van der Waals surface area contributed by atoms with E-state index in [2.05, 4.69) is 46.4 Å². The number of hydrogen-bond acceptors (Lipinski definition) is 4. The van der Waals surface area contributed by atoms with Crippen LogP contribution >= 0.6 is 0 Å². The number of imidazole rings is 1. The molecule has 1 fully saturated rings. The van der Waals surface area contributed by atoms with Crippen LogP contribution in [0.5, 0.6) is 0 Å². The predicted molar refractivity (Wildman–Crippen MR) is 124 cm³/mol. The molecule has 1 amide bonds. The number of carbonyl (C=O) groups excluding carboxylic acids is 1. The number of rotatable bonds is 3. The number of likely N-dealkylation sites (tertiary alicyclic amines) is 1. The Morgan fingerprint density at radius 3 is 2.68 bits per heavy atom. The highest BCUT2D eigenvalue weighted by Crippen LogP contribution is 2.30. The Morgan fingerprint density at radius 2 is 1.90 bits per heavy atom. The lowest BCUT2D eigenvalue weighted by Gasteiger charge is -2.34. The normalized spacial score (nSPS) is 19.4. The van der Waals surface area contributed by atoms with Gasteiger partial charge in [0.1, 0.15) is 0 Å². The van der Waals surface area contributed by atoms with E-state index in [1.54, 1.807) is 4.90 Å². The Hall–Kier alpha value is -3.16. The summed E-state index contributed by atoms with van der Waals surface area (Å²) in [5, 5.41) is 1.20. The van der Waals surface area contributed by atoms with E-state index in [0.29, 0.717) is 18.7 Å². The summed E-state index contributed by atoms with van der Waals surface area (Å²) < 4.78 is 4.38. The zero-order valence-corrected chi connectivity index (χ0v) is 18.0. The maximum atomic E-state index is 13.1. The third-order valence-electron chi connectivity index (χ3n) is 6.48. The van der Waals surface area contributed by atoms with E-state index in [-0.39, 0.29) is 18.0 Å². The third-order valence-corrected chi connectivity index (χ3v) is 6.48. The molecule has 0 bridgehead atoms. The molecule has 0 saturated carbocycles. The van der Waals surface area contributed by atoms with E-state index in [0.717, 1.165) is 35.5 Å². The lowest BCUT2D eigenvalue weighted by atomic mass is 10.0. The van der Waals surface area contributed by atoms with Crippen LogP contribution in [0, 0.1) is 0 Å². The predicted octanol–water partition coefficient (Wildman–Crippen LogP) is 2.72. The maximum absolute atomic E-state index is 13.1. The first-order valence-corrected chi connectivity index (χ1v) is 10.8. The topological polar surface area (TPSA) is 95.1 Å². The molecule has 0 aliphatic carbocycles. The largest absolute Gasteiger partial charge is 0.338 e. The summed E-state index contributed by atoms with van der Waals surface area (Å²) in [5.74, 6) is 0.878. The third kappa shape index (κ3) is 3.21. The van der Waals surface area contributed by atoms with Crippen LogP contribution in [0.4, 0.5) is 0 Å². The summed E-state index contributed by atoms with van der Waals surface area (Å²) in [4.78, 5) is 19.8. The molecule has 0 radical (unpaired) electrons. The van der Waals surface area contributed by atoms with Gasteiger partial charge in [0.2, 0.25) is 0 Å². The summed E-state index contributed by atoms with van der Waals surface area (Å²) in [5.41, 5.74) is 16.8. The van der Waals surface area contributed by atoms with Gasteiger partial charge in [0.05, 0.1) is 16.7 Å². The molecule has 1 aliphatic heterocycles. The quantitative estimate of drug-likeness (QED) is 0.537. The van der Waals surface area contributed by atoms with E-state index in [4.69, 9.17) is 16.5 Å². The highest BCUT2D eigenvalue weighted by molar-refractivity contribution is 5.98. The summed E-state index contributed by atoms with van der Waals surface area (Å²) >= 11 is 0. The minimum absolute atomic E-state index is 0.0147. The van der Waals surface area contributed by atoms with Gasteiger partial charge in [-0.05, 0) is 43.7 Å². The first kappa shape index (κ1) is 19.8. The van der Waals surface area contributed by atoms with Crippen molar-refractivity contribution in [1.29, 1.82) is 0 Å². The van der Waals surface area contributed by atoms with E-state index in [9.17, 15) is 4.79 Å². The zero-order valence-electron chi connectivity index (χ0n) is 18.0. The van der Waals surface area contributed by atoms with Crippen LogP contribution in [-0.4, -0.2) is 50.1 Å². The van der Waals surface area contributed by atoms with Crippen LogP contribution < -0.4 is 11.5 Å². The number of nitrogens with two attached hydrogens (primary N) is 2. The number of benzene rings is 2. The van der Waals surface area contributed by atoms with Crippen molar-refractivity contribution in [3.63, 3.8) is 0 Å². The molecule has 4 aromatic rings. The molecule has 1 aliphatic rings. The van der Waals surface area contributed by atoms with Gasteiger partial charge in [0.25, 0.3) is 5.91 Å². The first-order valence-electron chi connectivity index (χ1n) is 10.8. The number of carbonyl (C=O) groups is 1. The number of piperidine rings is 1. The number of fused-ring (bicyclic) bond motifs is 2. The zero-order chi connectivity index (χ0) is 21.7. The standard InChI is InChI=1S/C24H28N6O/c1-3-30-20-7-5-4-6-15(20)13-22(30)23-27-19-12-16(8-9-21(19)28(23)2)24(31)29-11-10-17(25)18(26)14-29/h4-9,12-13,17-18H,3,10-11,14,25-26H2,1-2H3/t17-,18+/m1/s1. The maximum Gasteiger partial charge on any atom is 0.253 e. The molecule has 0 spiro atoms. The fourth-order valence-corrected chi connectivity index (χ4v) is 4.67. The Balaban J connectivity index is 1.54. The van der Waals surface area contributed by atoms with Crippen LogP contribution in [0.25, 0.3) is 33.5 Å². The van der Waals surface area contributed by atoms with Crippen molar-refractivity contribution in [1.82, 2.24) is 19.0 Å². The second-order valence-corrected chi connectivity index (χ2v) is 8.40. The summed E-state index contributed by atoms with van der Waals surface area (Å²) in [6.07, 6.45) is 0.727. The van der Waals surface area contributed by atoms with Crippen LogP contribution in [0.3, 0.4) is 0 Å². The van der Waals surface area contributed by atoms with E-state index in [1.807, 2.05) is 25.2 Å². The molecule has 2 aromatic heterocycles. The monoisotopic (exact) mass is 416 g/mol. The molecule has 4 N–H and O–H groups in total. The van der Waals surface area contributed by atoms with Gasteiger partial charge in [-0.15, -0.1) is 0 Å². The number of amides is 1. The van der Waals surface area contributed by atoms with Crippen molar-refractivity contribution < 1.29 is 4.79 Å². The van der Waals surface area contributed by atoms with E-state index < -0.39 is 0 Å². The summed E-state index contributed by atoms with van der Waals surface area (Å²) in [7, 11) is 2.02. The fourth-order valence-electron chi connectivity index (χ4n) is 4.67. The van der Waals surface area contributed by atoms with Crippen molar-refractivity contribution in [3.05, 3.63) is 54.1 Å². The molecule has 7 heteroatoms. The fraction of sp³-hybridized carbons (Fsp3) is 0.333. The molecular weight excluding hydrogens is 388 g/mol. The van der Waals surface area contributed by atoms with Gasteiger partial charge in [-0.2, -0.15) is 0 Å². The van der Waals surface area contributed by atoms with Gasteiger partial charge in [0, 0.05) is 55.2 Å².